The number of hydrogen-bond donors (Lipinski definition) is 0. The third-order valence-corrected chi connectivity index (χ3v) is 2.32. The van der Waals surface area contributed by atoms with E-state index in [0.29, 0.717) is 0 Å². The molecule has 0 unspecified atom stereocenters. The minimum Gasteiger partial charge on any atom is -0.133 e. The first kappa shape index (κ1) is 10.6. The molecule has 0 amide bonds. The fraction of sp³-hybridized carbons (Fsp3) is 0.769. The Labute approximate surface area is 85.1 Å². The second-order valence-corrected chi connectivity index (χ2v) is 3.63. The molecule has 0 fully saturated rings. The Bertz CT molecular complexity index is 155. The van der Waals surface area contributed by atoms with Gasteiger partial charge in [-0.1, -0.05) is 58.4 Å². The molecule has 0 spiro atoms. The minimum absolute atomic E-state index is 1.09. The molecule has 0 aromatic rings. The lowest BCUT2D eigenvalue weighted by molar-refractivity contribution is 0.577. The fourth-order valence-corrected chi connectivity index (χ4v) is 1.46. The predicted octanol–water partition coefficient (Wildman–Crippen LogP) is 4.86. The standard InChI is InChI=1S/C13H24/c1-3-5-7-9-11-13-12-10-8-6-4-2/h5H,1,4,6-13H2,2H3/i1D. The van der Waals surface area contributed by atoms with Gasteiger partial charge >= 0.3 is 0 Å². The van der Waals surface area contributed by atoms with Crippen LogP contribution in [0.15, 0.2) is 18.4 Å². The molecule has 76 valence electrons. The molecule has 0 saturated heterocycles. The van der Waals surface area contributed by atoms with E-state index in [2.05, 4.69) is 12.7 Å². The summed E-state index contributed by atoms with van der Waals surface area (Å²) in [5.41, 5.74) is 2.78. The molecule has 0 atom stereocenters. The van der Waals surface area contributed by atoms with Gasteiger partial charge in [-0.2, -0.15) is 0 Å². The normalized spacial score (nSPS) is 10.4. The monoisotopic (exact) mass is 181 g/mol. The van der Waals surface area contributed by atoms with Gasteiger partial charge in [0, 0.05) is 0 Å². The third-order valence-electron chi connectivity index (χ3n) is 2.32. The Morgan fingerprint density at radius 1 is 1.08 bits per heavy atom. The Morgan fingerprint density at radius 2 is 1.69 bits per heavy atom. The van der Waals surface area contributed by atoms with E-state index >= 15 is 0 Å². The van der Waals surface area contributed by atoms with Crippen LogP contribution in [0, 0.1) is 0 Å². The maximum Gasteiger partial charge on any atom is 0.0627 e. The Kier molecular flexibility index (Phi) is 9.39. The predicted molar refractivity (Wildman–Crippen MR) is 60.9 cm³/mol. The summed E-state index contributed by atoms with van der Waals surface area (Å²) in [6.45, 7) is 3.48. The van der Waals surface area contributed by atoms with Gasteiger partial charge in [0.2, 0.25) is 0 Å². The zero-order valence-corrected chi connectivity index (χ0v) is 9.02. The molecule has 0 bridgehead atoms. The van der Waals surface area contributed by atoms with E-state index in [1.807, 2.05) is 6.08 Å². The summed E-state index contributed by atoms with van der Waals surface area (Å²) >= 11 is 0. The molecule has 0 aliphatic heterocycles. The summed E-state index contributed by atoms with van der Waals surface area (Å²) in [6, 6.07) is 0. The molecule has 0 aromatic heterocycles. The summed E-state index contributed by atoms with van der Waals surface area (Å²) < 4.78 is 6.75. The lowest BCUT2D eigenvalue weighted by Crippen LogP contribution is -1.79. The molecule has 0 nitrogen and oxygen atoms in total. The van der Waals surface area contributed by atoms with Crippen LogP contribution < -0.4 is 0 Å². The van der Waals surface area contributed by atoms with Crippen molar-refractivity contribution in [3.63, 3.8) is 0 Å². The molecule has 13 heavy (non-hydrogen) atoms. The molecule has 0 heteroatoms. The van der Waals surface area contributed by atoms with E-state index in [4.69, 9.17) is 1.37 Å². The van der Waals surface area contributed by atoms with Gasteiger partial charge in [-0.05, 0) is 18.9 Å². The topological polar surface area (TPSA) is 0 Å². The van der Waals surface area contributed by atoms with Crippen molar-refractivity contribution in [1.82, 2.24) is 0 Å². The van der Waals surface area contributed by atoms with Gasteiger partial charge < -0.3 is 0 Å². The van der Waals surface area contributed by atoms with Crippen LogP contribution in [0.5, 0.6) is 0 Å². The quantitative estimate of drug-likeness (QED) is 0.352. The van der Waals surface area contributed by atoms with Gasteiger partial charge in [-0.25, -0.2) is 0 Å². The third kappa shape index (κ3) is 11.5. The van der Waals surface area contributed by atoms with Gasteiger partial charge in [0.15, 0.2) is 0 Å². The second-order valence-electron chi connectivity index (χ2n) is 3.63. The zero-order valence-electron chi connectivity index (χ0n) is 10.0. The molecule has 0 radical (unpaired) electrons. The molecule has 0 aliphatic rings. The van der Waals surface area contributed by atoms with E-state index < -0.39 is 0 Å². The van der Waals surface area contributed by atoms with Gasteiger partial charge in [0.1, 0.15) is 0 Å². The first-order chi connectivity index (χ1) is 6.91. The van der Waals surface area contributed by atoms with Crippen molar-refractivity contribution >= 4 is 0 Å². The molecule has 0 N–H and O–H groups in total. The largest absolute Gasteiger partial charge is 0.133 e. The number of unbranched alkanes of at least 4 members (excludes halogenated alkanes) is 8. The number of hydrogen-bond acceptors (Lipinski definition) is 0. The van der Waals surface area contributed by atoms with Crippen molar-refractivity contribution in [3.8, 4) is 0 Å². The number of allylic oxidation sites excluding steroid dienone is 1. The summed E-state index contributed by atoms with van der Waals surface area (Å²) in [4.78, 5) is 0. The van der Waals surface area contributed by atoms with E-state index in [1.165, 1.54) is 57.9 Å². The van der Waals surface area contributed by atoms with Crippen molar-refractivity contribution < 1.29 is 1.37 Å². The lowest BCUT2D eigenvalue weighted by Gasteiger charge is -1.99. The van der Waals surface area contributed by atoms with Crippen LogP contribution in [0.2, 0.25) is 0 Å². The number of rotatable bonds is 9. The van der Waals surface area contributed by atoms with Crippen LogP contribution in [-0.2, 0) is 0 Å². The van der Waals surface area contributed by atoms with Crippen molar-refractivity contribution in [1.29, 1.82) is 0 Å². The summed E-state index contributed by atoms with van der Waals surface area (Å²) in [7, 11) is 0. The molecular formula is C13H24. The van der Waals surface area contributed by atoms with Crippen LogP contribution in [0.4, 0.5) is 0 Å². The summed E-state index contributed by atoms with van der Waals surface area (Å²) in [5.74, 6) is 0. The molecular weight excluding hydrogens is 156 g/mol. The Morgan fingerprint density at radius 3 is 2.31 bits per heavy atom. The highest BCUT2D eigenvalue weighted by Crippen LogP contribution is 2.09. The molecule has 0 saturated carbocycles. The average Bonchev–Trinajstić information content (AvgIpc) is 2.21. The van der Waals surface area contributed by atoms with Crippen LogP contribution in [-0.4, -0.2) is 0 Å². The maximum atomic E-state index is 6.75. The van der Waals surface area contributed by atoms with Crippen LogP contribution >= 0.6 is 0 Å². The van der Waals surface area contributed by atoms with Crippen LogP contribution in [0.25, 0.3) is 0 Å². The molecule has 0 heterocycles. The van der Waals surface area contributed by atoms with Gasteiger partial charge in [-0.3, -0.25) is 0 Å². The highest BCUT2D eigenvalue weighted by Gasteiger charge is 1.89. The molecule has 0 aliphatic carbocycles. The first-order valence-electron chi connectivity index (χ1n) is 6.27. The zero-order chi connectivity index (χ0) is 10.5. The molecule has 0 rings (SSSR count). The van der Waals surface area contributed by atoms with Crippen molar-refractivity contribution in [2.75, 3.05) is 0 Å². The van der Waals surface area contributed by atoms with Crippen molar-refractivity contribution in [2.45, 2.75) is 64.7 Å². The van der Waals surface area contributed by atoms with E-state index in [9.17, 15) is 0 Å². The van der Waals surface area contributed by atoms with Gasteiger partial charge in [0.25, 0.3) is 0 Å². The van der Waals surface area contributed by atoms with E-state index in [0.717, 1.165) is 6.42 Å². The van der Waals surface area contributed by atoms with Gasteiger partial charge in [0.05, 0.1) is 1.37 Å². The van der Waals surface area contributed by atoms with Gasteiger partial charge in [-0.15, -0.1) is 5.73 Å². The minimum atomic E-state index is 1.09. The lowest BCUT2D eigenvalue weighted by atomic mass is 10.1. The highest BCUT2D eigenvalue weighted by molar-refractivity contribution is 4.74. The van der Waals surface area contributed by atoms with Crippen molar-refractivity contribution in [3.05, 3.63) is 18.4 Å². The highest BCUT2D eigenvalue weighted by atomic mass is 14.0. The van der Waals surface area contributed by atoms with E-state index in [-0.39, 0.29) is 0 Å². The first-order valence-corrected chi connectivity index (χ1v) is 5.69. The fourth-order valence-electron chi connectivity index (χ4n) is 1.46. The average molecular weight is 181 g/mol. The summed E-state index contributed by atoms with van der Waals surface area (Å²) in [5, 5.41) is 0. The second kappa shape index (κ2) is 11.5. The van der Waals surface area contributed by atoms with Crippen molar-refractivity contribution in [2.24, 2.45) is 0 Å². The Hall–Kier alpha value is -0.480. The summed E-state index contributed by atoms with van der Waals surface area (Å²) in [6.07, 6.45) is 14.0. The molecule has 0 aromatic carbocycles. The SMILES string of the molecule is [2H]C=C=CCCCCCCCCCC. The smallest absolute Gasteiger partial charge is 0.0627 e. The van der Waals surface area contributed by atoms with Crippen LogP contribution in [0.1, 0.15) is 66.1 Å². The maximum absolute atomic E-state index is 6.75. The Balaban J connectivity index is 2.95. The van der Waals surface area contributed by atoms with Crippen LogP contribution in [0.3, 0.4) is 0 Å². The van der Waals surface area contributed by atoms with E-state index in [1.54, 1.807) is 0 Å².